The van der Waals surface area contributed by atoms with Crippen molar-refractivity contribution >= 4 is 53.3 Å². The minimum absolute atomic E-state index is 0.728. The number of aromatic nitrogens is 3. The lowest BCUT2D eigenvalue weighted by Gasteiger charge is -2.09. The summed E-state index contributed by atoms with van der Waals surface area (Å²) in [6, 6.07) is 62.5. The zero-order valence-electron chi connectivity index (χ0n) is 27.0. The highest BCUT2D eigenvalue weighted by molar-refractivity contribution is 7.25. The molecule has 0 aliphatic rings. The van der Waals surface area contributed by atoms with Crippen LogP contribution in [0.25, 0.3) is 92.7 Å². The summed E-state index contributed by atoms with van der Waals surface area (Å²) in [6.07, 6.45) is 0. The van der Waals surface area contributed by atoms with Crippen molar-refractivity contribution < 1.29 is 0 Å². The van der Waals surface area contributed by atoms with Gasteiger partial charge < -0.3 is 4.57 Å². The second-order valence-electron chi connectivity index (χ2n) is 12.6. The number of thiophene rings is 1. The zero-order chi connectivity index (χ0) is 33.0. The summed E-state index contributed by atoms with van der Waals surface area (Å²) in [5.74, 6) is 0.728. The lowest BCUT2D eigenvalue weighted by Crippen LogP contribution is -1.95. The lowest BCUT2D eigenvalue weighted by atomic mass is 10.0. The van der Waals surface area contributed by atoms with Crippen LogP contribution in [0.2, 0.25) is 0 Å². The van der Waals surface area contributed by atoms with Gasteiger partial charge in [0.15, 0.2) is 5.82 Å². The Kier molecular flexibility index (Phi) is 6.68. The molecule has 0 saturated heterocycles. The molecule has 4 heteroatoms. The zero-order valence-corrected chi connectivity index (χ0v) is 27.8. The Morgan fingerprint density at radius 3 is 1.76 bits per heavy atom. The summed E-state index contributed by atoms with van der Waals surface area (Å²) >= 11 is 1.85. The van der Waals surface area contributed by atoms with Crippen molar-refractivity contribution in [2.24, 2.45) is 0 Å². The fourth-order valence-electron chi connectivity index (χ4n) is 7.19. The minimum Gasteiger partial charge on any atom is -0.309 e. The first-order chi connectivity index (χ1) is 24.8. The quantitative estimate of drug-likeness (QED) is 0.185. The summed E-state index contributed by atoms with van der Waals surface area (Å²) in [4.78, 5) is 10.1. The maximum atomic E-state index is 5.08. The number of nitrogens with zero attached hydrogens (tertiary/aromatic N) is 3. The largest absolute Gasteiger partial charge is 0.309 e. The van der Waals surface area contributed by atoms with Gasteiger partial charge in [-0.2, -0.15) is 0 Å². The van der Waals surface area contributed by atoms with Gasteiger partial charge in [0, 0.05) is 53.3 Å². The van der Waals surface area contributed by atoms with Crippen LogP contribution in [-0.2, 0) is 0 Å². The van der Waals surface area contributed by atoms with Gasteiger partial charge in [0.05, 0.1) is 22.4 Å². The molecular formula is C46H29N3S. The van der Waals surface area contributed by atoms with Crippen molar-refractivity contribution in [3.05, 3.63) is 176 Å². The molecule has 0 bridgehead atoms. The van der Waals surface area contributed by atoms with Gasteiger partial charge in [0.25, 0.3) is 0 Å². The Balaban J connectivity index is 1.08. The molecular weight excluding hydrogens is 627 g/mol. The van der Waals surface area contributed by atoms with Crippen LogP contribution in [0, 0.1) is 0 Å². The average Bonchev–Trinajstić information content (AvgIpc) is 3.73. The first-order valence-electron chi connectivity index (χ1n) is 16.8. The van der Waals surface area contributed by atoms with Crippen LogP contribution in [0.3, 0.4) is 0 Å². The Morgan fingerprint density at radius 1 is 0.360 bits per heavy atom. The molecule has 10 rings (SSSR count). The van der Waals surface area contributed by atoms with E-state index >= 15 is 0 Å². The molecule has 0 aliphatic carbocycles. The number of hydrogen-bond donors (Lipinski definition) is 0. The van der Waals surface area contributed by atoms with Crippen LogP contribution >= 0.6 is 11.3 Å². The van der Waals surface area contributed by atoms with Gasteiger partial charge in [-0.15, -0.1) is 11.3 Å². The molecule has 0 fully saturated rings. The molecule has 3 nitrogen and oxygen atoms in total. The van der Waals surface area contributed by atoms with Crippen LogP contribution in [-0.4, -0.2) is 14.5 Å². The van der Waals surface area contributed by atoms with Crippen molar-refractivity contribution in [3.63, 3.8) is 0 Å². The van der Waals surface area contributed by atoms with Gasteiger partial charge in [0.2, 0.25) is 0 Å². The van der Waals surface area contributed by atoms with Crippen LogP contribution in [0.5, 0.6) is 0 Å². The van der Waals surface area contributed by atoms with Gasteiger partial charge in [-0.25, -0.2) is 9.97 Å². The van der Waals surface area contributed by atoms with Crippen LogP contribution in [0.4, 0.5) is 0 Å². The molecule has 0 spiro atoms. The predicted octanol–water partition coefficient (Wildman–Crippen LogP) is 12.6. The van der Waals surface area contributed by atoms with Gasteiger partial charge >= 0.3 is 0 Å². The fourth-order valence-corrected chi connectivity index (χ4v) is 8.32. The monoisotopic (exact) mass is 655 g/mol. The van der Waals surface area contributed by atoms with Crippen LogP contribution in [0.1, 0.15) is 0 Å². The molecule has 0 unspecified atom stereocenters. The van der Waals surface area contributed by atoms with Crippen molar-refractivity contribution in [1.29, 1.82) is 0 Å². The van der Waals surface area contributed by atoms with Crippen molar-refractivity contribution in [2.75, 3.05) is 0 Å². The standard InChI is InChI=1S/C46H29N3S/c1-4-12-30(13-5-1)40-29-41(48-46(47-40)31-14-6-2-7-15-31)34-22-25-44-39(27-34)37-23-20-33(28-45(37)50-44)32-21-24-43-38(26-32)36-18-10-11-19-42(36)49(43)35-16-8-3-9-17-35/h1-29H. The summed E-state index contributed by atoms with van der Waals surface area (Å²) in [6.45, 7) is 0. The van der Waals surface area contributed by atoms with Crippen molar-refractivity contribution in [1.82, 2.24) is 14.5 Å². The molecule has 10 aromatic rings. The molecule has 0 N–H and O–H groups in total. The SMILES string of the molecule is c1ccc(-c2cc(-c3ccc4sc5cc(-c6ccc7c(c6)c6ccccc6n7-c6ccccc6)ccc5c4c3)nc(-c3ccccc3)n2)cc1. The van der Waals surface area contributed by atoms with E-state index in [1.54, 1.807) is 0 Å². The fraction of sp³-hybridized carbons (Fsp3) is 0. The first kappa shape index (κ1) is 28.6. The molecule has 50 heavy (non-hydrogen) atoms. The van der Waals surface area contributed by atoms with Gasteiger partial charge in [-0.1, -0.05) is 121 Å². The van der Waals surface area contributed by atoms with Crippen LogP contribution < -0.4 is 0 Å². The van der Waals surface area contributed by atoms with Crippen molar-refractivity contribution in [3.8, 4) is 50.7 Å². The highest BCUT2D eigenvalue weighted by Crippen LogP contribution is 2.40. The average molecular weight is 656 g/mol. The second kappa shape index (κ2) is 11.7. The molecule has 7 aromatic carbocycles. The summed E-state index contributed by atoms with van der Waals surface area (Å²) in [7, 11) is 0. The van der Waals surface area contributed by atoms with E-state index in [-0.39, 0.29) is 0 Å². The minimum atomic E-state index is 0.728. The molecule has 0 saturated carbocycles. The Hall–Kier alpha value is -6.36. The molecule has 3 aromatic heterocycles. The number of fused-ring (bicyclic) bond motifs is 6. The van der Waals surface area contributed by atoms with E-state index in [1.165, 1.54) is 58.8 Å². The third kappa shape index (κ3) is 4.80. The molecule has 3 heterocycles. The van der Waals surface area contributed by atoms with E-state index < -0.39 is 0 Å². The molecule has 0 radical (unpaired) electrons. The number of hydrogen-bond acceptors (Lipinski definition) is 3. The third-order valence-corrected chi connectivity index (χ3v) is 10.7. The molecule has 0 atom stereocenters. The lowest BCUT2D eigenvalue weighted by molar-refractivity contribution is 1.18. The van der Waals surface area contributed by atoms with Crippen LogP contribution in [0.15, 0.2) is 176 Å². The van der Waals surface area contributed by atoms with E-state index in [9.17, 15) is 0 Å². The summed E-state index contributed by atoms with van der Waals surface area (Å²) in [5, 5.41) is 5.03. The molecule has 0 amide bonds. The molecule has 234 valence electrons. The van der Waals surface area contributed by atoms with E-state index in [4.69, 9.17) is 9.97 Å². The van der Waals surface area contributed by atoms with Crippen molar-refractivity contribution in [2.45, 2.75) is 0 Å². The number of para-hydroxylation sites is 2. The van der Waals surface area contributed by atoms with E-state index in [1.807, 2.05) is 35.6 Å². The Labute approximate surface area is 293 Å². The summed E-state index contributed by atoms with van der Waals surface area (Å²) < 4.78 is 4.91. The predicted molar refractivity (Wildman–Crippen MR) is 211 cm³/mol. The third-order valence-electron chi connectivity index (χ3n) is 9.62. The molecule has 0 aliphatic heterocycles. The number of benzene rings is 7. The van der Waals surface area contributed by atoms with E-state index in [0.717, 1.165) is 33.9 Å². The number of rotatable bonds is 5. The van der Waals surface area contributed by atoms with Gasteiger partial charge in [0.1, 0.15) is 0 Å². The van der Waals surface area contributed by atoms with Gasteiger partial charge in [-0.3, -0.25) is 0 Å². The normalized spacial score (nSPS) is 11.6. The summed E-state index contributed by atoms with van der Waals surface area (Å²) in [5.41, 5.74) is 11.0. The Bertz CT molecular complexity index is 2800. The second-order valence-corrected chi connectivity index (χ2v) is 13.7. The Morgan fingerprint density at radius 2 is 0.960 bits per heavy atom. The van der Waals surface area contributed by atoms with E-state index in [2.05, 4.69) is 156 Å². The first-order valence-corrected chi connectivity index (χ1v) is 17.6. The topological polar surface area (TPSA) is 30.7 Å². The highest BCUT2D eigenvalue weighted by Gasteiger charge is 2.15. The smallest absolute Gasteiger partial charge is 0.160 e. The highest BCUT2D eigenvalue weighted by atomic mass is 32.1. The van der Waals surface area contributed by atoms with Gasteiger partial charge in [-0.05, 0) is 65.7 Å². The maximum Gasteiger partial charge on any atom is 0.160 e. The maximum absolute atomic E-state index is 5.08. The van der Waals surface area contributed by atoms with E-state index in [0.29, 0.717) is 0 Å².